The molecule has 2 heterocycles. The first-order chi connectivity index (χ1) is 13.8. The van der Waals surface area contributed by atoms with Crippen molar-refractivity contribution in [2.24, 2.45) is 5.41 Å². The number of fused-ring (bicyclic) bond motifs is 1. The number of pyridine rings is 1. The molecule has 1 aliphatic carbocycles. The maximum Gasteiger partial charge on any atom is 0.159 e. The lowest BCUT2D eigenvalue weighted by molar-refractivity contribution is 0.335. The van der Waals surface area contributed by atoms with Gasteiger partial charge in [0, 0.05) is 23.8 Å². The highest BCUT2D eigenvalue weighted by Gasteiger charge is 2.25. The van der Waals surface area contributed by atoms with E-state index in [0.29, 0.717) is 12.0 Å². The number of nitrogens with zero attached hydrogens (tertiary/aromatic N) is 2. The summed E-state index contributed by atoms with van der Waals surface area (Å²) in [5.41, 5.74) is 7.10. The lowest BCUT2D eigenvalue weighted by atomic mass is 9.76. The molecule has 0 amide bonds. The van der Waals surface area contributed by atoms with Crippen LogP contribution in [0.5, 0.6) is 0 Å². The van der Waals surface area contributed by atoms with Crippen LogP contribution in [0.4, 0.5) is 8.78 Å². The molecule has 152 valence electrons. The van der Waals surface area contributed by atoms with E-state index in [0.717, 1.165) is 41.6 Å². The van der Waals surface area contributed by atoms with Gasteiger partial charge in [-0.2, -0.15) is 0 Å². The second kappa shape index (κ2) is 7.40. The van der Waals surface area contributed by atoms with Gasteiger partial charge in [0.25, 0.3) is 0 Å². The van der Waals surface area contributed by atoms with Crippen LogP contribution in [-0.4, -0.2) is 9.55 Å². The smallest absolute Gasteiger partial charge is 0.159 e. The van der Waals surface area contributed by atoms with Crippen molar-refractivity contribution >= 4 is 16.6 Å². The molecule has 0 fully saturated rings. The number of aromatic nitrogens is 2. The fourth-order valence-electron chi connectivity index (χ4n) is 4.42. The Morgan fingerprint density at radius 2 is 1.93 bits per heavy atom. The quantitative estimate of drug-likeness (QED) is 0.474. The molecule has 1 aromatic carbocycles. The first-order valence-electron chi connectivity index (χ1n) is 10.4. The molecule has 0 radical (unpaired) electrons. The summed E-state index contributed by atoms with van der Waals surface area (Å²) in [5, 5.41) is 1.15. The van der Waals surface area contributed by atoms with Crippen LogP contribution in [-0.2, 0) is 13.0 Å². The summed E-state index contributed by atoms with van der Waals surface area (Å²) in [6.45, 7) is 9.37. The van der Waals surface area contributed by atoms with Gasteiger partial charge in [-0.3, -0.25) is 0 Å². The average molecular weight is 395 g/mol. The van der Waals surface area contributed by atoms with Gasteiger partial charge in [-0.05, 0) is 78.5 Å². The van der Waals surface area contributed by atoms with E-state index in [1.54, 1.807) is 6.07 Å². The predicted octanol–water partition coefficient (Wildman–Crippen LogP) is 6.83. The number of hydrogen-bond donors (Lipinski definition) is 0. The first kappa shape index (κ1) is 19.8. The lowest BCUT2D eigenvalue weighted by Crippen LogP contribution is -2.15. The number of benzene rings is 1. The molecule has 1 aliphatic rings. The summed E-state index contributed by atoms with van der Waals surface area (Å²) >= 11 is 0. The van der Waals surface area contributed by atoms with Crippen LogP contribution < -0.4 is 0 Å². The van der Waals surface area contributed by atoms with E-state index >= 15 is 0 Å². The maximum absolute atomic E-state index is 13.6. The summed E-state index contributed by atoms with van der Waals surface area (Å²) in [6.07, 6.45) is 8.70. The Morgan fingerprint density at radius 1 is 1.14 bits per heavy atom. The molecule has 29 heavy (non-hydrogen) atoms. The van der Waals surface area contributed by atoms with E-state index in [1.807, 2.05) is 10.8 Å². The minimum Gasteiger partial charge on any atom is -0.328 e. The average Bonchev–Trinajstić information content (AvgIpc) is 3.06. The van der Waals surface area contributed by atoms with E-state index in [9.17, 15) is 8.78 Å². The Kier molecular flexibility index (Phi) is 5.05. The van der Waals surface area contributed by atoms with Crippen molar-refractivity contribution in [3.8, 4) is 0 Å². The van der Waals surface area contributed by atoms with Crippen LogP contribution in [0.2, 0.25) is 0 Å². The van der Waals surface area contributed by atoms with Gasteiger partial charge in [0.2, 0.25) is 0 Å². The Hall–Kier alpha value is -2.49. The minimum absolute atomic E-state index is 0.357. The molecule has 0 atom stereocenters. The van der Waals surface area contributed by atoms with Crippen molar-refractivity contribution in [2.45, 2.75) is 59.9 Å². The van der Waals surface area contributed by atoms with Crippen molar-refractivity contribution < 1.29 is 8.78 Å². The largest absolute Gasteiger partial charge is 0.328 e. The van der Waals surface area contributed by atoms with Crippen molar-refractivity contribution in [3.05, 3.63) is 70.6 Å². The minimum atomic E-state index is -0.817. The predicted molar refractivity (Wildman–Crippen MR) is 115 cm³/mol. The Morgan fingerprint density at radius 3 is 2.59 bits per heavy atom. The van der Waals surface area contributed by atoms with E-state index in [-0.39, 0.29) is 0 Å². The van der Waals surface area contributed by atoms with Crippen molar-refractivity contribution in [3.63, 3.8) is 0 Å². The van der Waals surface area contributed by atoms with Crippen LogP contribution in [0, 0.1) is 24.0 Å². The molecular weight excluding hydrogens is 366 g/mol. The van der Waals surface area contributed by atoms with E-state index in [4.69, 9.17) is 4.98 Å². The van der Waals surface area contributed by atoms with Gasteiger partial charge >= 0.3 is 0 Å². The Labute approximate surface area is 171 Å². The summed E-state index contributed by atoms with van der Waals surface area (Å²) in [5.74, 6) is -1.63. The van der Waals surface area contributed by atoms with Crippen LogP contribution >= 0.6 is 0 Å². The SMILES string of the molecule is CCc1c(C)nc2c(ccn2Cc2ccc(F)c(F)c2)c1C1=CCC(C)(C)CC1. The van der Waals surface area contributed by atoms with Crippen molar-refractivity contribution in [1.82, 2.24) is 9.55 Å². The van der Waals surface area contributed by atoms with Crippen LogP contribution in [0.25, 0.3) is 16.6 Å². The fraction of sp³-hybridized carbons (Fsp3) is 0.400. The van der Waals surface area contributed by atoms with Crippen LogP contribution in [0.15, 0.2) is 36.5 Å². The summed E-state index contributed by atoms with van der Waals surface area (Å²) in [7, 11) is 0. The highest BCUT2D eigenvalue weighted by molar-refractivity contribution is 5.93. The zero-order valence-electron chi connectivity index (χ0n) is 17.6. The highest BCUT2D eigenvalue weighted by Crippen LogP contribution is 2.41. The third-order valence-corrected chi connectivity index (χ3v) is 6.20. The van der Waals surface area contributed by atoms with Crippen molar-refractivity contribution in [2.75, 3.05) is 0 Å². The van der Waals surface area contributed by atoms with Gasteiger partial charge in [0.15, 0.2) is 11.6 Å². The highest BCUT2D eigenvalue weighted by atomic mass is 19.2. The standard InChI is InChI=1S/C25H28F2N2/c1-5-19-16(2)28-24-20(23(19)18-8-11-25(3,4)12-9-18)10-13-29(24)15-17-6-7-21(26)22(27)14-17/h6-8,10,13-14H,5,9,11-12,15H2,1-4H3. The fourth-order valence-corrected chi connectivity index (χ4v) is 4.42. The second-order valence-corrected chi connectivity index (χ2v) is 8.93. The van der Waals surface area contributed by atoms with E-state index < -0.39 is 11.6 Å². The molecule has 0 unspecified atom stereocenters. The molecule has 0 spiro atoms. The monoisotopic (exact) mass is 394 g/mol. The molecule has 4 heteroatoms. The molecule has 0 bridgehead atoms. The van der Waals surface area contributed by atoms with Crippen molar-refractivity contribution in [1.29, 1.82) is 0 Å². The number of hydrogen-bond acceptors (Lipinski definition) is 1. The number of allylic oxidation sites excluding steroid dienone is 2. The van der Waals surface area contributed by atoms with Crippen LogP contribution in [0.3, 0.4) is 0 Å². The number of halogens is 2. The zero-order valence-corrected chi connectivity index (χ0v) is 17.6. The molecular formula is C25H28F2N2. The van der Waals surface area contributed by atoms with Crippen LogP contribution in [0.1, 0.15) is 62.4 Å². The maximum atomic E-state index is 13.6. The number of rotatable bonds is 4. The summed E-state index contributed by atoms with van der Waals surface area (Å²) < 4.78 is 29.0. The third-order valence-electron chi connectivity index (χ3n) is 6.20. The molecule has 0 saturated heterocycles. The molecule has 2 aromatic heterocycles. The van der Waals surface area contributed by atoms with Gasteiger partial charge in [-0.15, -0.1) is 0 Å². The Balaban J connectivity index is 1.82. The molecule has 0 saturated carbocycles. The van der Waals surface area contributed by atoms with Gasteiger partial charge < -0.3 is 4.57 Å². The van der Waals surface area contributed by atoms with Gasteiger partial charge in [-0.1, -0.05) is 32.9 Å². The van der Waals surface area contributed by atoms with Gasteiger partial charge in [0.05, 0.1) is 0 Å². The summed E-state index contributed by atoms with van der Waals surface area (Å²) in [6, 6.07) is 6.20. The normalized spacial score (nSPS) is 16.3. The molecule has 3 aromatic rings. The topological polar surface area (TPSA) is 17.8 Å². The molecule has 4 rings (SSSR count). The molecule has 0 N–H and O–H groups in total. The van der Waals surface area contributed by atoms with E-state index in [1.165, 1.54) is 35.3 Å². The zero-order chi connectivity index (χ0) is 20.8. The molecule has 0 aliphatic heterocycles. The van der Waals surface area contributed by atoms with Gasteiger partial charge in [0.1, 0.15) is 5.65 Å². The lowest BCUT2D eigenvalue weighted by Gasteiger charge is -2.30. The Bertz CT molecular complexity index is 1110. The number of aryl methyl sites for hydroxylation is 1. The van der Waals surface area contributed by atoms with Gasteiger partial charge in [-0.25, -0.2) is 13.8 Å². The van der Waals surface area contributed by atoms with E-state index in [2.05, 4.69) is 39.8 Å². The third kappa shape index (κ3) is 3.73. The molecule has 2 nitrogen and oxygen atoms in total. The second-order valence-electron chi connectivity index (χ2n) is 8.93. The summed E-state index contributed by atoms with van der Waals surface area (Å²) in [4.78, 5) is 4.89. The first-order valence-corrected chi connectivity index (χ1v) is 10.4.